The van der Waals surface area contributed by atoms with E-state index in [1.165, 1.54) is 24.3 Å². The molecule has 1 saturated heterocycles. The fourth-order valence-electron chi connectivity index (χ4n) is 1.82. The second-order valence-corrected chi connectivity index (χ2v) is 4.28. The van der Waals surface area contributed by atoms with Crippen LogP contribution in [0.5, 0.6) is 5.75 Å². The summed E-state index contributed by atoms with van der Waals surface area (Å²) >= 11 is 0. The van der Waals surface area contributed by atoms with E-state index in [0.29, 0.717) is 5.75 Å². The number of benzene rings is 1. The number of hydrogen-bond acceptors (Lipinski definition) is 4. The molecule has 0 aliphatic carbocycles. The van der Waals surface area contributed by atoms with Gasteiger partial charge in [0.2, 0.25) is 0 Å². The maximum atomic E-state index is 11.6. The van der Waals surface area contributed by atoms with E-state index in [4.69, 9.17) is 9.84 Å². The van der Waals surface area contributed by atoms with Gasteiger partial charge in [0, 0.05) is 18.3 Å². The molecule has 1 heterocycles. The molecule has 19 heavy (non-hydrogen) atoms. The van der Waals surface area contributed by atoms with Crippen molar-refractivity contribution in [2.45, 2.75) is 12.8 Å². The van der Waals surface area contributed by atoms with Gasteiger partial charge in [-0.2, -0.15) is 0 Å². The first-order valence-corrected chi connectivity index (χ1v) is 6.08. The molecule has 0 radical (unpaired) electrons. The third-order valence-electron chi connectivity index (χ3n) is 2.79. The highest BCUT2D eigenvalue weighted by molar-refractivity contribution is 5.91. The third-order valence-corrected chi connectivity index (χ3v) is 2.79. The number of allylic oxidation sites excluding steroid dienone is 1. The van der Waals surface area contributed by atoms with Crippen molar-refractivity contribution in [2.75, 3.05) is 13.2 Å². The summed E-state index contributed by atoms with van der Waals surface area (Å²) in [6.45, 7) is 0.869. The Labute approximate surface area is 110 Å². The molecule has 5 heteroatoms. The van der Waals surface area contributed by atoms with Crippen LogP contribution in [-0.4, -0.2) is 30.0 Å². The molecule has 0 aromatic heterocycles. The van der Waals surface area contributed by atoms with Crippen LogP contribution in [0.4, 0.5) is 0 Å². The standard InChI is InChI=1S/C14H15NO4/c16-12(8-11-2-1-7-15-11)9-19-13-5-3-10(4-6-13)14(17)18/h3-6,8,15H,1-2,7,9H2,(H,17,18)/b11-8-. The number of rotatable bonds is 5. The first kappa shape index (κ1) is 13.1. The Morgan fingerprint density at radius 2 is 2.05 bits per heavy atom. The molecule has 1 aromatic rings. The number of carboxylic acid groups (broad SMARTS) is 1. The van der Waals surface area contributed by atoms with Crippen LogP contribution in [0.2, 0.25) is 0 Å². The molecule has 1 fully saturated rings. The van der Waals surface area contributed by atoms with Gasteiger partial charge in [-0.05, 0) is 37.1 Å². The van der Waals surface area contributed by atoms with E-state index >= 15 is 0 Å². The SMILES string of the molecule is O=C(/C=C1/CCCN1)COc1ccc(C(=O)O)cc1. The number of ketones is 1. The van der Waals surface area contributed by atoms with Crippen molar-refractivity contribution >= 4 is 11.8 Å². The normalized spacial score (nSPS) is 16.1. The maximum Gasteiger partial charge on any atom is 0.335 e. The highest BCUT2D eigenvalue weighted by Crippen LogP contribution is 2.13. The van der Waals surface area contributed by atoms with E-state index in [1.807, 2.05) is 0 Å². The van der Waals surface area contributed by atoms with Crippen molar-refractivity contribution in [3.63, 3.8) is 0 Å². The van der Waals surface area contributed by atoms with Crippen molar-refractivity contribution in [1.82, 2.24) is 5.32 Å². The van der Waals surface area contributed by atoms with E-state index < -0.39 is 5.97 Å². The first-order valence-electron chi connectivity index (χ1n) is 6.08. The highest BCUT2D eigenvalue weighted by Gasteiger charge is 2.08. The van der Waals surface area contributed by atoms with E-state index in [9.17, 15) is 9.59 Å². The van der Waals surface area contributed by atoms with Crippen LogP contribution in [0, 0.1) is 0 Å². The van der Waals surface area contributed by atoms with Crippen LogP contribution < -0.4 is 10.1 Å². The Morgan fingerprint density at radius 3 is 2.63 bits per heavy atom. The average Bonchev–Trinajstić information content (AvgIpc) is 2.89. The molecule has 2 rings (SSSR count). The Kier molecular flexibility index (Phi) is 4.18. The second-order valence-electron chi connectivity index (χ2n) is 4.28. The number of nitrogens with one attached hydrogen (secondary N) is 1. The molecule has 1 aliphatic rings. The number of ether oxygens (including phenoxy) is 1. The van der Waals surface area contributed by atoms with Gasteiger partial charge < -0.3 is 15.2 Å². The van der Waals surface area contributed by atoms with Gasteiger partial charge in [-0.1, -0.05) is 0 Å². The molecule has 0 saturated carbocycles. The van der Waals surface area contributed by atoms with Crippen LogP contribution in [0.1, 0.15) is 23.2 Å². The fourth-order valence-corrected chi connectivity index (χ4v) is 1.82. The Hall–Kier alpha value is -2.30. The first-order chi connectivity index (χ1) is 9.15. The predicted octanol–water partition coefficient (Wildman–Crippen LogP) is 1.60. The summed E-state index contributed by atoms with van der Waals surface area (Å²) in [6.07, 6.45) is 3.52. The van der Waals surface area contributed by atoms with E-state index in [1.54, 1.807) is 6.08 Å². The van der Waals surface area contributed by atoms with Gasteiger partial charge in [-0.15, -0.1) is 0 Å². The molecular weight excluding hydrogens is 246 g/mol. The largest absolute Gasteiger partial charge is 0.485 e. The lowest BCUT2D eigenvalue weighted by molar-refractivity contribution is -0.116. The van der Waals surface area contributed by atoms with E-state index in [2.05, 4.69) is 5.32 Å². The fraction of sp³-hybridized carbons (Fsp3) is 0.286. The summed E-state index contributed by atoms with van der Waals surface area (Å²) in [4.78, 5) is 22.3. The van der Waals surface area contributed by atoms with Gasteiger partial charge in [0.25, 0.3) is 0 Å². The maximum absolute atomic E-state index is 11.6. The summed E-state index contributed by atoms with van der Waals surface area (Å²) < 4.78 is 5.30. The Morgan fingerprint density at radius 1 is 1.32 bits per heavy atom. The van der Waals surface area contributed by atoms with Gasteiger partial charge in [-0.25, -0.2) is 4.79 Å². The molecule has 2 N–H and O–H groups in total. The van der Waals surface area contributed by atoms with Crippen molar-refractivity contribution in [2.24, 2.45) is 0 Å². The average molecular weight is 261 g/mol. The number of carboxylic acids is 1. The van der Waals surface area contributed by atoms with Crippen molar-refractivity contribution in [3.8, 4) is 5.75 Å². The number of carbonyl (C=O) groups is 2. The molecule has 100 valence electrons. The van der Waals surface area contributed by atoms with Crippen LogP contribution in [0.3, 0.4) is 0 Å². The van der Waals surface area contributed by atoms with Gasteiger partial charge in [-0.3, -0.25) is 4.79 Å². The minimum Gasteiger partial charge on any atom is -0.485 e. The topological polar surface area (TPSA) is 75.6 Å². The predicted molar refractivity (Wildman–Crippen MR) is 69.2 cm³/mol. The van der Waals surface area contributed by atoms with Crippen LogP contribution in [0.25, 0.3) is 0 Å². The van der Waals surface area contributed by atoms with Gasteiger partial charge in [0.15, 0.2) is 12.4 Å². The van der Waals surface area contributed by atoms with Crippen molar-refractivity contribution in [3.05, 3.63) is 41.6 Å². The lowest BCUT2D eigenvalue weighted by Gasteiger charge is -2.04. The molecule has 0 amide bonds. The molecule has 1 aromatic carbocycles. The lowest BCUT2D eigenvalue weighted by Crippen LogP contribution is -2.12. The number of carbonyl (C=O) groups excluding carboxylic acids is 1. The zero-order valence-electron chi connectivity index (χ0n) is 10.4. The summed E-state index contributed by atoms with van der Waals surface area (Å²) in [5.41, 5.74) is 1.14. The van der Waals surface area contributed by atoms with Crippen LogP contribution in [0.15, 0.2) is 36.0 Å². The summed E-state index contributed by atoms with van der Waals surface area (Å²) in [6, 6.07) is 5.97. The lowest BCUT2D eigenvalue weighted by atomic mass is 10.2. The quantitative estimate of drug-likeness (QED) is 0.787. The molecule has 0 atom stereocenters. The number of hydrogen-bond donors (Lipinski definition) is 2. The molecule has 1 aliphatic heterocycles. The smallest absolute Gasteiger partial charge is 0.335 e. The highest BCUT2D eigenvalue weighted by atomic mass is 16.5. The Balaban J connectivity index is 1.86. The summed E-state index contributed by atoms with van der Waals surface area (Å²) in [5.74, 6) is -0.609. The Bertz CT molecular complexity index is 497. The number of aromatic carboxylic acids is 1. The minimum atomic E-state index is -0.986. The second kappa shape index (κ2) is 6.04. The van der Waals surface area contributed by atoms with Gasteiger partial charge in [0.1, 0.15) is 5.75 Å². The molecule has 0 bridgehead atoms. The third kappa shape index (κ3) is 3.84. The molecule has 0 unspecified atom stereocenters. The summed E-state index contributed by atoms with van der Waals surface area (Å²) in [5, 5.41) is 11.9. The zero-order chi connectivity index (χ0) is 13.7. The molecule has 0 spiro atoms. The van der Waals surface area contributed by atoms with E-state index in [0.717, 1.165) is 25.1 Å². The van der Waals surface area contributed by atoms with Gasteiger partial charge in [0.05, 0.1) is 5.56 Å². The summed E-state index contributed by atoms with van der Waals surface area (Å²) in [7, 11) is 0. The minimum absolute atomic E-state index is 0.0440. The van der Waals surface area contributed by atoms with Gasteiger partial charge >= 0.3 is 5.97 Å². The van der Waals surface area contributed by atoms with Crippen LogP contribution in [-0.2, 0) is 4.79 Å². The van der Waals surface area contributed by atoms with E-state index in [-0.39, 0.29) is 18.0 Å². The van der Waals surface area contributed by atoms with Crippen LogP contribution >= 0.6 is 0 Å². The monoisotopic (exact) mass is 261 g/mol. The molecular formula is C14H15NO4. The zero-order valence-corrected chi connectivity index (χ0v) is 10.4. The van der Waals surface area contributed by atoms with Crippen molar-refractivity contribution in [1.29, 1.82) is 0 Å². The van der Waals surface area contributed by atoms with Crippen molar-refractivity contribution < 1.29 is 19.4 Å². The molecule has 5 nitrogen and oxygen atoms in total.